The molecule has 1 aromatic heterocycles. The smallest absolute Gasteiger partial charge is 0.337 e. The van der Waals surface area contributed by atoms with E-state index in [-0.39, 0.29) is 27.6 Å². The molecule has 0 spiro atoms. The number of aromatic nitrogens is 1. The number of fused-ring (bicyclic) bond motifs is 2. The number of H-pyrrole nitrogens is 1. The molecule has 94 valence electrons. The van der Waals surface area contributed by atoms with Crippen molar-refractivity contribution < 1.29 is 15.0 Å². The topological polar surface area (TPSA) is 90.4 Å². The Morgan fingerprint density at radius 2 is 1.84 bits per heavy atom. The number of phenolic OH excluding ortho intramolecular Hbond substituents is 1. The van der Waals surface area contributed by atoms with E-state index in [4.69, 9.17) is 5.11 Å². The predicted octanol–water partition coefficient (Wildman–Crippen LogP) is 2.09. The third kappa shape index (κ3) is 1.55. The van der Waals surface area contributed by atoms with Crippen LogP contribution in [0.5, 0.6) is 5.75 Å². The van der Waals surface area contributed by atoms with Crippen molar-refractivity contribution in [3.63, 3.8) is 0 Å². The molecular formula is C14H9NO4. The number of phenols is 1. The van der Waals surface area contributed by atoms with Gasteiger partial charge in [0.1, 0.15) is 5.75 Å². The van der Waals surface area contributed by atoms with Crippen LogP contribution in [0, 0.1) is 0 Å². The first-order chi connectivity index (χ1) is 9.09. The molecule has 0 unspecified atom stereocenters. The molecule has 3 aromatic rings. The lowest BCUT2D eigenvalue weighted by atomic mass is 10.1. The molecule has 0 saturated carbocycles. The SMILES string of the molecule is O=C(O)c1ccc(O)c2c(=O)c3ccccc3[nH]c12. The lowest BCUT2D eigenvalue weighted by Gasteiger charge is -2.06. The van der Waals surface area contributed by atoms with Crippen LogP contribution in [0.2, 0.25) is 0 Å². The van der Waals surface area contributed by atoms with Gasteiger partial charge >= 0.3 is 5.97 Å². The van der Waals surface area contributed by atoms with Crippen molar-refractivity contribution >= 4 is 27.8 Å². The standard InChI is InChI=1S/C14H9NO4/c16-10-6-5-8(14(18)19)12-11(10)13(17)7-3-1-2-4-9(7)15-12/h1-6,16H,(H,15,17)(H,18,19). The van der Waals surface area contributed by atoms with E-state index in [2.05, 4.69) is 4.98 Å². The van der Waals surface area contributed by atoms with Gasteiger partial charge in [-0.2, -0.15) is 0 Å². The van der Waals surface area contributed by atoms with E-state index in [0.717, 1.165) is 0 Å². The van der Waals surface area contributed by atoms with E-state index in [1.165, 1.54) is 12.1 Å². The van der Waals surface area contributed by atoms with Crippen molar-refractivity contribution in [3.05, 3.63) is 52.2 Å². The molecule has 0 aliphatic carbocycles. The fourth-order valence-corrected chi connectivity index (χ4v) is 2.19. The summed E-state index contributed by atoms with van der Waals surface area (Å²) in [6.07, 6.45) is 0. The highest BCUT2D eigenvalue weighted by molar-refractivity contribution is 6.06. The summed E-state index contributed by atoms with van der Waals surface area (Å²) in [6, 6.07) is 9.25. The number of nitrogens with one attached hydrogen (secondary N) is 1. The second kappa shape index (κ2) is 3.84. The number of aromatic carboxylic acids is 1. The number of carboxylic acids is 1. The van der Waals surface area contributed by atoms with Crippen molar-refractivity contribution in [2.24, 2.45) is 0 Å². The molecule has 0 atom stereocenters. The van der Waals surface area contributed by atoms with E-state index in [9.17, 15) is 14.7 Å². The van der Waals surface area contributed by atoms with Gasteiger partial charge in [0.05, 0.1) is 16.5 Å². The van der Waals surface area contributed by atoms with Crippen LogP contribution in [-0.4, -0.2) is 21.2 Å². The van der Waals surface area contributed by atoms with Gasteiger partial charge in [-0.15, -0.1) is 0 Å². The van der Waals surface area contributed by atoms with Crippen molar-refractivity contribution in [2.75, 3.05) is 0 Å². The van der Waals surface area contributed by atoms with Crippen LogP contribution in [0.4, 0.5) is 0 Å². The summed E-state index contributed by atoms with van der Waals surface area (Å²) in [6.45, 7) is 0. The number of rotatable bonds is 1. The molecule has 0 aliphatic heterocycles. The molecule has 0 bridgehead atoms. The number of pyridine rings is 1. The van der Waals surface area contributed by atoms with Crippen LogP contribution < -0.4 is 5.43 Å². The number of hydrogen-bond acceptors (Lipinski definition) is 3. The normalized spacial score (nSPS) is 10.9. The van der Waals surface area contributed by atoms with Gasteiger partial charge < -0.3 is 15.2 Å². The number of aromatic amines is 1. The Balaban J connectivity index is 2.64. The van der Waals surface area contributed by atoms with Crippen LogP contribution in [0.3, 0.4) is 0 Å². The Morgan fingerprint density at radius 3 is 2.58 bits per heavy atom. The zero-order valence-electron chi connectivity index (χ0n) is 9.68. The first-order valence-corrected chi connectivity index (χ1v) is 5.59. The fourth-order valence-electron chi connectivity index (χ4n) is 2.19. The minimum absolute atomic E-state index is 0.00130. The highest BCUT2D eigenvalue weighted by atomic mass is 16.4. The summed E-state index contributed by atoms with van der Waals surface area (Å²) in [5, 5.41) is 19.3. The Labute approximate surface area is 106 Å². The number of para-hydroxylation sites is 1. The average Bonchev–Trinajstić information content (AvgIpc) is 2.38. The maximum absolute atomic E-state index is 12.3. The summed E-state index contributed by atoms with van der Waals surface area (Å²) in [5.74, 6) is -1.39. The van der Waals surface area contributed by atoms with Crippen molar-refractivity contribution in [3.8, 4) is 5.75 Å². The van der Waals surface area contributed by atoms with Gasteiger partial charge in [0.25, 0.3) is 0 Å². The highest BCUT2D eigenvalue weighted by Gasteiger charge is 2.15. The van der Waals surface area contributed by atoms with Crippen LogP contribution in [0.25, 0.3) is 21.8 Å². The molecule has 0 saturated heterocycles. The van der Waals surface area contributed by atoms with Gasteiger partial charge in [-0.05, 0) is 24.3 Å². The molecule has 0 amide bonds. The minimum Gasteiger partial charge on any atom is -0.507 e. The Kier molecular flexibility index (Phi) is 2.28. The van der Waals surface area contributed by atoms with Crippen molar-refractivity contribution in [1.82, 2.24) is 4.98 Å². The molecule has 0 radical (unpaired) electrons. The van der Waals surface area contributed by atoms with Gasteiger partial charge in [0.2, 0.25) is 5.43 Å². The Morgan fingerprint density at radius 1 is 1.11 bits per heavy atom. The van der Waals surface area contributed by atoms with Crippen LogP contribution in [0.15, 0.2) is 41.2 Å². The summed E-state index contributed by atoms with van der Waals surface area (Å²) in [4.78, 5) is 26.4. The van der Waals surface area contributed by atoms with Crippen molar-refractivity contribution in [2.45, 2.75) is 0 Å². The maximum atomic E-state index is 12.3. The van der Waals surface area contributed by atoms with E-state index in [1.54, 1.807) is 24.3 Å². The van der Waals surface area contributed by atoms with E-state index < -0.39 is 5.97 Å². The maximum Gasteiger partial charge on any atom is 0.337 e. The van der Waals surface area contributed by atoms with E-state index in [0.29, 0.717) is 10.9 Å². The van der Waals surface area contributed by atoms with Gasteiger partial charge in [0.15, 0.2) is 0 Å². The van der Waals surface area contributed by atoms with Gasteiger partial charge in [-0.3, -0.25) is 4.79 Å². The fraction of sp³-hybridized carbons (Fsp3) is 0. The molecular weight excluding hydrogens is 246 g/mol. The number of benzene rings is 2. The first kappa shape index (κ1) is 11.3. The summed E-state index contributed by atoms with van der Waals surface area (Å²) < 4.78 is 0. The summed E-state index contributed by atoms with van der Waals surface area (Å²) in [7, 11) is 0. The lowest BCUT2D eigenvalue weighted by molar-refractivity contribution is 0.0699. The number of carbonyl (C=O) groups is 1. The number of aromatic hydroxyl groups is 1. The van der Waals surface area contributed by atoms with E-state index >= 15 is 0 Å². The molecule has 2 aromatic carbocycles. The second-order valence-electron chi connectivity index (χ2n) is 4.19. The minimum atomic E-state index is -1.16. The van der Waals surface area contributed by atoms with Gasteiger partial charge in [0, 0.05) is 10.9 Å². The monoisotopic (exact) mass is 255 g/mol. The van der Waals surface area contributed by atoms with E-state index in [1.807, 2.05) is 0 Å². The molecule has 5 nitrogen and oxygen atoms in total. The van der Waals surface area contributed by atoms with Gasteiger partial charge in [-0.1, -0.05) is 12.1 Å². The van der Waals surface area contributed by atoms with Crippen LogP contribution >= 0.6 is 0 Å². The second-order valence-corrected chi connectivity index (χ2v) is 4.19. The zero-order chi connectivity index (χ0) is 13.6. The molecule has 0 aliphatic rings. The molecule has 19 heavy (non-hydrogen) atoms. The molecule has 1 heterocycles. The molecule has 5 heteroatoms. The average molecular weight is 255 g/mol. The first-order valence-electron chi connectivity index (χ1n) is 5.59. The largest absolute Gasteiger partial charge is 0.507 e. The Hall–Kier alpha value is -2.82. The third-order valence-electron chi connectivity index (χ3n) is 3.07. The van der Waals surface area contributed by atoms with Crippen LogP contribution in [0.1, 0.15) is 10.4 Å². The molecule has 3 N–H and O–H groups in total. The molecule has 0 fully saturated rings. The number of hydrogen-bond donors (Lipinski definition) is 3. The van der Waals surface area contributed by atoms with Crippen LogP contribution in [-0.2, 0) is 0 Å². The summed E-state index contributed by atoms with van der Waals surface area (Å²) in [5.41, 5.74) is 0.241. The third-order valence-corrected chi connectivity index (χ3v) is 3.07. The number of carboxylic acid groups (broad SMARTS) is 1. The lowest BCUT2D eigenvalue weighted by Crippen LogP contribution is -2.08. The van der Waals surface area contributed by atoms with Crippen molar-refractivity contribution in [1.29, 1.82) is 0 Å². The highest BCUT2D eigenvalue weighted by Crippen LogP contribution is 2.25. The van der Waals surface area contributed by atoms with Gasteiger partial charge in [-0.25, -0.2) is 4.79 Å². The predicted molar refractivity (Wildman–Crippen MR) is 70.7 cm³/mol. The zero-order valence-corrected chi connectivity index (χ0v) is 9.68. The quantitative estimate of drug-likeness (QED) is 0.581. The Bertz CT molecular complexity index is 880. The molecule has 3 rings (SSSR count). The summed E-state index contributed by atoms with van der Waals surface area (Å²) >= 11 is 0.